The minimum absolute atomic E-state index is 2.63. The summed E-state index contributed by atoms with van der Waals surface area (Å²) in [7, 11) is 0. The fraction of sp³-hybridized carbons (Fsp3) is 0.875. The maximum Gasteiger partial charge on any atom is 0.310 e. The molecule has 6 atom stereocenters. The van der Waals surface area contributed by atoms with Gasteiger partial charge < -0.3 is 0 Å². The van der Waals surface area contributed by atoms with E-state index in [1.165, 1.54) is 0 Å². The Labute approximate surface area is 179 Å². The normalized spacial score (nSPS) is 27.7. The van der Waals surface area contributed by atoms with Crippen LogP contribution in [0.15, 0.2) is 0 Å². The molecule has 0 radical (unpaired) electrons. The standard InChI is InChI=1S/C8Cl9F7O/c9-1(25)2(10,18)3(11,19)4(12,20)5(13,21)6(14,22)7(15,23)8(16,17)24. The summed E-state index contributed by atoms with van der Waals surface area (Å²) in [5.41, 5.74) is 0. The Morgan fingerprint density at radius 1 is 0.520 bits per heavy atom. The van der Waals surface area contributed by atoms with Gasteiger partial charge in [0.05, 0.1) is 0 Å². The van der Waals surface area contributed by atoms with Gasteiger partial charge in [0.2, 0.25) is 0 Å². The highest BCUT2D eigenvalue weighted by atomic mass is 35.5. The van der Waals surface area contributed by atoms with Crippen LogP contribution in [0, 0.1) is 0 Å². The van der Waals surface area contributed by atoms with Crippen molar-refractivity contribution < 1.29 is 35.5 Å². The Morgan fingerprint density at radius 3 is 1.00 bits per heavy atom. The molecule has 0 aromatic heterocycles. The van der Waals surface area contributed by atoms with Gasteiger partial charge in [0, 0.05) is 0 Å². The molecule has 0 saturated carbocycles. The second-order valence-electron chi connectivity index (χ2n) is 4.22. The second kappa shape index (κ2) is 7.24. The average molecular weight is 564 g/mol. The van der Waals surface area contributed by atoms with Crippen molar-refractivity contribution in [1.29, 1.82) is 0 Å². The van der Waals surface area contributed by atoms with Crippen molar-refractivity contribution >= 4 is 110 Å². The minimum atomic E-state index is -5.63. The van der Waals surface area contributed by atoms with E-state index in [4.69, 9.17) is 0 Å². The number of halogens is 16. The number of hydrogen-bond acceptors (Lipinski definition) is 1. The monoisotopic (exact) mass is 560 g/mol. The molecule has 0 aromatic carbocycles. The molecular weight excluding hydrogens is 564 g/mol. The van der Waals surface area contributed by atoms with Crippen LogP contribution in [-0.4, -0.2) is 40.6 Å². The first kappa shape index (κ1) is 26.8. The van der Waals surface area contributed by atoms with Gasteiger partial charge in [-0.25, -0.2) is 30.7 Å². The van der Waals surface area contributed by atoms with Crippen LogP contribution in [0.3, 0.4) is 0 Å². The second-order valence-corrected chi connectivity index (χ2v) is 8.92. The van der Waals surface area contributed by atoms with Crippen LogP contribution < -0.4 is 0 Å². The zero-order valence-electron chi connectivity index (χ0n) is 10.5. The Kier molecular flexibility index (Phi) is 7.76. The third kappa shape index (κ3) is 3.82. The molecule has 0 aliphatic carbocycles. The Bertz CT molecular complexity index is 543. The van der Waals surface area contributed by atoms with Crippen LogP contribution in [0.1, 0.15) is 0 Å². The van der Waals surface area contributed by atoms with E-state index in [0.717, 1.165) is 0 Å². The first-order valence-corrected chi connectivity index (χ1v) is 8.38. The van der Waals surface area contributed by atoms with Gasteiger partial charge in [0.1, 0.15) is 0 Å². The molecule has 0 spiro atoms. The lowest BCUT2D eigenvalue weighted by Crippen LogP contribution is -2.71. The number of carbonyl (C=O) groups excluding carboxylic acids is 1. The van der Waals surface area contributed by atoms with Crippen molar-refractivity contribution in [2.75, 3.05) is 0 Å². The highest BCUT2D eigenvalue weighted by Crippen LogP contribution is 2.67. The summed E-state index contributed by atoms with van der Waals surface area (Å²) in [6.45, 7) is 0. The Hall–Kier alpha value is 1.79. The first-order chi connectivity index (χ1) is 10.4. The Balaban J connectivity index is 6.55. The molecule has 0 rings (SSSR count). The van der Waals surface area contributed by atoms with E-state index in [1.54, 1.807) is 0 Å². The summed E-state index contributed by atoms with van der Waals surface area (Å²) in [4.78, 5) is 10.7. The van der Waals surface area contributed by atoms with Crippen molar-refractivity contribution in [3.05, 3.63) is 0 Å². The molecule has 0 aromatic rings. The van der Waals surface area contributed by atoms with Gasteiger partial charge in [0.15, 0.2) is 0 Å². The first-order valence-electron chi connectivity index (χ1n) is 4.98. The maximum absolute atomic E-state index is 14.4. The topological polar surface area (TPSA) is 17.1 Å². The van der Waals surface area contributed by atoms with Gasteiger partial charge >= 0.3 is 9.72 Å². The summed E-state index contributed by atoms with van der Waals surface area (Å²) in [6, 6.07) is 0. The Morgan fingerprint density at radius 2 is 0.760 bits per heavy atom. The van der Waals surface area contributed by atoms with E-state index in [2.05, 4.69) is 104 Å². The van der Waals surface area contributed by atoms with Crippen molar-refractivity contribution in [3.8, 4) is 0 Å². The predicted octanol–water partition coefficient (Wildman–Crippen LogP) is 7.28. The number of hydrogen-bond donors (Lipinski definition) is 0. The highest BCUT2D eigenvalue weighted by Gasteiger charge is 2.86. The van der Waals surface area contributed by atoms with Crippen molar-refractivity contribution in [3.63, 3.8) is 0 Å². The van der Waals surface area contributed by atoms with Crippen molar-refractivity contribution in [1.82, 2.24) is 0 Å². The lowest BCUT2D eigenvalue weighted by molar-refractivity contribution is -0.140. The SMILES string of the molecule is O=C(Cl)C(F)(Cl)C(F)(Cl)C(F)(Cl)C(F)(Cl)C(F)(Cl)C(F)(Cl)C(F)(Cl)Cl. The predicted molar refractivity (Wildman–Crippen MR) is 84.6 cm³/mol. The minimum Gasteiger partial charge on any atom is -0.276 e. The molecule has 150 valence electrons. The molecule has 17 heteroatoms. The van der Waals surface area contributed by atoms with Gasteiger partial charge in [-0.15, -0.1) is 0 Å². The molecule has 0 aliphatic heterocycles. The van der Waals surface area contributed by atoms with Gasteiger partial charge in [-0.05, 0) is 11.6 Å². The number of rotatable bonds is 7. The van der Waals surface area contributed by atoms with Crippen LogP contribution in [0.5, 0.6) is 0 Å². The summed E-state index contributed by atoms with van der Waals surface area (Å²) in [5, 5.41) is -34.9. The maximum atomic E-state index is 14.4. The van der Waals surface area contributed by atoms with Crippen LogP contribution >= 0.6 is 104 Å². The van der Waals surface area contributed by atoms with Crippen molar-refractivity contribution in [2.45, 2.75) is 35.4 Å². The summed E-state index contributed by atoms with van der Waals surface area (Å²) in [6.07, 6.45) is 0. The fourth-order valence-corrected chi connectivity index (χ4v) is 3.08. The lowest BCUT2D eigenvalue weighted by atomic mass is 9.98. The molecule has 0 heterocycles. The summed E-state index contributed by atoms with van der Waals surface area (Å²) < 4.78 is 93.5. The van der Waals surface area contributed by atoms with Gasteiger partial charge in [-0.3, -0.25) is 4.79 Å². The van der Waals surface area contributed by atoms with E-state index in [1.807, 2.05) is 0 Å². The smallest absolute Gasteiger partial charge is 0.276 e. The highest BCUT2D eigenvalue weighted by molar-refractivity contribution is 6.71. The zero-order valence-corrected chi connectivity index (χ0v) is 17.3. The fourth-order valence-electron chi connectivity index (χ4n) is 1.09. The summed E-state index contributed by atoms with van der Waals surface area (Å²) >= 11 is 41.1. The number of alkyl halides is 15. The molecule has 0 bridgehead atoms. The molecule has 0 amide bonds. The molecule has 25 heavy (non-hydrogen) atoms. The van der Waals surface area contributed by atoms with E-state index in [0.29, 0.717) is 0 Å². The quantitative estimate of drug-likeness (QED) is 0.181. The van der Waals surface area contributed by atoms with E-state index >= 15 is 0 Å². The van der Waals surface area contributed by atoms with E-state index < -0.39 is 40.6 Å². The van der Waals surface area contributed by atoms with Gasteiger partial charge in [-0.2, -0.15) is 0 Å². The van der Waals surface area contributed by atoms with Gasteiger partial charge in [0.25, 0.3) is 30.9 Å². The van der Waals surface area contributed by atoms with Crippen molar-refractivity contribution in [2.24, 2.45) is 0 Å². The largest absolute Gasteiger partial charge is 0.310 e. The summed E-state index contributed by atoms with van der Waals surface area (Å²) in [5.74, 6) is 0. The third-order valence-corrected chi connectivity index (χ3v) is 7.17. The molecule has 0 saturated heterocycles. The molecule has 0 fully saturated rings. The number of carbonyl (C=O) groups is 1. The molecule has 1 nitrogen and oxygen atoms in total. The molecular formula is C8Cl9F7O. The third-order valence-electron chi connectivity index (χ3n) is 2.57. The van der Waals surface area contributed by atoms with E-state index in [9.17, 15) is 35.5 Å². The zero-order chi connectivity index (χ0) is 21.1. The molecule has 0 N–H and O–H groups in total. The van der Waals surface area contributed by atoms with Crippen LogP contribution in [-0.2, 0) is 4.79 Å². The van der Waals surface area contributed by atoms with Crippen LogP contribution in [0.25, 0.3) is 0 Å². The average Bonchev–Trinajstić information content (AvgIpc) is 2.35. The van der Waals surface area contributed by atoms with Gasteiger partial charge in [-0.1, -0.05) is 92.8 Å². The molecule has 6 unspecified atom stereocenters. The van der Waals surface area contributed by atoms with Crippen LogP contribution in [0.2, 0.25) is 0 Å². The molecule has 0 aliphatic rings. The lowest BCUT2D eigenvalue weighted by Gasteiger charge is -2.46. The van der Waals surface area contributed by atoms with Crippen LogP contribution in [0.4, 0.5) is 30.7 Å². The van der Waals surface area contributed by atoms with E-state index in [-0.39, 0.29) is 0 Å².